The van der Waals surface area contributed by atoms with Gasteiger partial charge in [0.25, 0.3) is 0 Å². The Kier molecular flexibility index (Phi) is 6.25. The van der Waals surface area contributed by atoms with Crippen molar-refractivity contribution in [3.05, 3.63) is 17.3 Å². The molecule has 2 saturated heterocycles. The van der Waals surface area contributed by atoms with Gasteiger partial charge in [-0.2, -0.15) is 0 Å². The molecule has 0 aromatic carbocycles. The minimum absolute atomic E-state index is 0.124. The molecule has 4 rings (SSSR count). The lowest BCUT2D eigenvalue weighted by atomic mass is 10.2. The highest BCUT2D eigenvalue weighted by molar-refractivity contribution is 5.91. The Hall–Kier alpha value is -2.57. The van der Waals surface area contributed by atoms with E-state index in [1.54, 1.807) is 23.4 Å². The number of likely N-dealkylation sites (tertiary alicyclic amines) is 1. The zero-order valence-electron chi connectivity index (χ0n) is 17.3. The van der Waals surface area contributed by atoms with E-state index in [9.17, 15) is 9.90 Å². The van der Waals surface area contributed by atoms with Crippen molar-refractivity contribution in [1.29, 1.82) is 0 Å². The molecular weight excluding hydrogens is 392 g/mol. The fourth-order valence-electron chi connectivity index (χ4n) is 4.13. The lowest BCUT2D eigenvalue weighted by molar-refractivity contribution is 0.0356. The number of carbonyl (C=O) groups excluding carboxylic acids is 1. The number of urea groups is 1. The average Bonchev–Trinajstić information content (AvgIpc) is 3.47. The topological polar surface area (TPSA) is 135 Å². The Morgan fingerprint density at radius 3 is 2.73 bits per heavy atom. The summed E-state index contributed by atoms with van der Waals surface area (Å²) in [6.07, 6.45) is 1.35. The summed E-state index contributed by atoms with van der Waals surface area (Å²) in [5, 5.41) is 28.8. The molecule has 30 heavy (non-hydrogen) atoms. The zero-order valence-corrected chi connectivity index (χ0v) is 17.3. The summed E-state index contributed by atoms with van der Waals surface area (Å²) >= 11 is 0. The number of aliphatic hydroxyl groups excluding tert-OH is 1. The second-order valence-corrected chi connectivity index (χ2v) is 7.68. The largest absolute Gasteiger partial charge is 0.394 e. The number of anilines is 1. The number of nitrogens with zero attached hydrogens (tertiary/aromatic N) is 7. The number of hydrogen-bond acceptors (Lipinski definition) is 9. The fourth-order valence-corrected chi connectivity index (χ4v) is 4.13. The summed E-state index contributed by atoms with van der Waals surface area (Å²) < 4.78 is 12.3. The van der Waals surface area contributed by atoms with Gasteiger partial charge in [0.05, 0.1) is 38.4 Å². The molecule has 12 nitrogen and oxygen atoms in total. The van der Waals surface area contributed by atoms with E-state index in [2.05, 4.69) is 30.9 Å². The van der Waals surface area contributed by atoms with E-state index < -0.39 is 0 Å². The molecule has 0 saturated carbocycles. The van der Waals surface area contributed by atoms with Crippen LogP contribution in [-0.4, -0.2) is 91.8 Å². The van der Waals surface area contributed by atoms with Crippen LogP contribution < -0.4 is 5.32 Å². The number of hydrogen-bond donors (Lipinski definition) is 2. The van der Waals surface area contributed by atoms with E-state index >= 15 is 0 Å². The van der Waals surface area contributed by atoms with Gasteiger partial charge in [0.1, 0.15) is 11.4 Å². The summed E-state index contributed by atoms with van der Waals surface area (Å²) in [6, 6.07) is -0.948. The van der Waals surface area contributed by atoms with Gasteiger partial charge >= 0.3 is 6.03 Å². The molecule has 2 aromatic heterocycles. The van der Waals surface area contributed by atoms with Crippen molar-refractivity contribution in [2.45, 2.75) is 45.3 Å². The standard InChI is InChI=1S/C18H28N8O4/c1-12-16(13(2)30-21-12)19-18(28)26-14(11-27)3-4-15(26)17-20-22-23-25(17)6-5-24-7-9-29-10-8-24/h14-15,27H,3-11H2,1-2H3,(H,19,28)/t14-,15-/m0/s1. The molecule has 0 bridgehead atoms. The first-order valence-corrected chi connectivity index (χ1v) is 10.3. The monoisotopic (exact) mass is 420 g/mol. The molecule has 2 N–H and O–H groups in total. The van der Waals surface area contributed by atoms with E-state index in [1.807, 2.05) is 0 Å². The normalized spacial score (nSPS) is 22.6. The van der Waals surface area contributed by atoms with Crippen molar-refractivity contribution in [2.24, 2.45) is 0 Å². The van der Waals surface area contributed by atoms with Crippen LogP contribution in [0.2, 0.25) is 0 Å². The SMILES string of the molecule is Cc1noc(C)c1NC(=O)N1[C@H](CO)CC[C@H]1c1nnnn1CCN1CCOCC1. The predicted octanol–water partition coefficient (Wildman–Crippen LogP) is 0.340. The number of nitrogens with one attached hydrogen (secondary N) is 1. The number of aromatic nitrogens is 5. The molecule has 2 aliphatic rings. The Labute approximate surface area is 174 Å². The molecule has 2 amide bonds. The van der Waals surface area contributed by atoms with E-state index in [1.165, 1.54) is 0 Å². The van der Waals surface area contributed by atoms with E-state index in [-0.39, 0.29) is 24.7 Å². The molecular formula is C18H28N8O4. The Balaban J connectivity index is 1.50. The molecule has 0 aliphatic carbocycles. The molecule has 0 radical (unpaired) electrons. The van der Waals surface area contributed by atoms with Crippen LogP contribution in [0.25, 0.3) is 0 Å². The first-order chi connectivity index (χ1) is 14.6. The number of tetrazole rings is 1. The first-order valence-electron chi connectivity index (χ1n) is 10.3. The lowest BCUT2D eigenvalue weighted by Crippen LogP contribution is -2.43. The molecule has 2 atom stereocenters. The Morgan fingerprint density at radius 2 is 2.03 bits per heavy atom. The quantitative estimate of drug-likeness (QED) is 0.678. The number of aliphatic hydroxyl groups is 1. The molecule has 2 fully saturated rings. The molecule has 4 heterocycles. The third kappa shape index (κ3) is 4.16. The minimum atomic E-state index is -0.325. The Bertz CT molecular complexity index is 843. The smallest absolute Gasteiger partial charge is 0.322 e. The van der Waals surface area contributed by atoms with Crippen molar-refractivity contribution >= 4 is 11.7 Å². The second-order valence-electron chi connectivity index (χ2n) is 7.68. The number of aryl methyl sites for hydroxylation is 2. The van der Waals surface area contributed by atoms with Crippen LogP contribution in [-0.2, 0) is 11.3 Å². The van der Waals surface area contributed by atoms with Crippen LogP contribution in [0, 0.1) is 13.8 Å². The summed E-state index contributed by atoms with van der Waals surface area (Å²) in [7, 11) is 0. The number of ether oxygens (including phenoxy) is 1. The highest BCUT2D eigenvalue weighted by atomic mass is 16.5. The van der Waals surface area contributed by atoms with Gasteiger partial charge in [-0.15, -0.1) is 5.10 Å². The predicted molar refractivity (Wildman–Crippen MR) is 105 cm³/mol. The zero-order chi connectivity index (χ0) is 21.1. The Morgan fingerprint density at radius 1 is 1.23 bits per heavy atom. The van der Waals surface area contributed by atoms with Crippen LogP contribution in [0.3, 0.4) is 0 Å². The maximum absolute atomic E-state index is 13.1. The van der Waals surface area contributed by atoms with Gasteiger partial charge in [0.15, 0.2) is 11.6 Å². The van der Waals surface area contributed by atoms with Crippen molar-refractivity contribution in [2.75, 3.05) is 44.8 Å². The van der Waals surface area contributed by atoms with E-state index in [0.29, 0.717) is 42.4 Å². The molecule has 0 unspecified atom stereocenters. The van der Waals surface area contributed by atoms with Gasteiger partial charge in [-0.25, -0.2) is 9.48 Å². The molecule has 164 valence electrons. The van der Waals surface area contributed by atoms with E-state index in [0.717, 1.165) is 32.8 Å². The van der Waals surface area contributed by atoms with Crippen LogP contribution in [0.5, 0.6) is 0 Å². The molecule has 0 spiro atoms. The van der Waals surface area contributed by atoms with Crippen LogP contribution in [0.15, 0.2) is 4.52 Å². The summed E-state index contributed by atoms with van der Waals surface area (Å²) in [5.74, 6) is 1.17. The van der Waals surface area contributed by atoms with Crippen molar-refractivity contribution in [1.82, 2.24) is 35.2 Å². The van der Waals surface area contributed by atoms with Crippen LogP contribution in [0.4, 0.5) is 10.5 Å². The molecule has 12 heteroatoms. The highest BCUT2D eigenvalue weighted by Gasteiger charge is 2.40. The maximum Gasteiger partial charge on any atom is 0.322 e. The third-order valence-corrected chi connectivity index (χ3v) is 5.80. The second kappa shape index (κ2) is 9.06. The first kappa shape index (κ1) is 20.7. The average molecular weight is 420 g/mol. The van der Waals surface area contributed by atoms with Gasteiger partial charge in [-0.1, -0.05) is 5.16 Å². The molecule has 2 aliphatic heterocycles. The van der Waals surface area contributed by atoms with Crippen molar-refractivity contribution < 1.29 is 19.2 Å². The third-order valence-electron chi connectivity index (χ3n) is 5.80. The summed E-state index contributed by atoms with van der Waals surface area (Å²) in [6.45, 7) is 8.07. The van der Waals surface area contributed by atoms with Crippen molar-refractivity contribution in [3.63, 3.8) is 0 Å². The lowest BCUT2D eigenvalue weighted by Gasteiger charge is -2.29. The van der Waals surface area contributed by atoms with Crippen molar-refractivity contribution in [3.8, 4) is 0 Å². The van der Waals surface area contributed by atoms with Crippen LogP contribution in [0.1, 0.15) is 36.2 Å². The number of rotatable bonds is 6. The number of carbonyl (C=O) groups is 1. The minimum Gasteiger partial charge on any atom is -0.394 e. The van der Waals surface area contributed by atoms with Crippen LogP contribution >= 0.6 is 0 Å². The van der Waals surface area contributed by atoms with Gasteiger partial charge in [0.2, 0.25) is 0 Å². The number of amides is 2. The maximum atomic E-state index is 13.1. The summed E-state index contributed by atoms with van der Waals surface area (Å²) in [5.41, 5.74) is 1.15. The van der Waals surface area contributed by atoms with E-state index in [4.69, 9.17) is 9.26 Å². The van der Waals surface area contributed by atoms with Gasteiger partial charge in [-0.3, -0.25) is 4.90 Å². The fraction of sp³-hybridized carbons (Fsp3) is 0.722. The molecule has 2 aromatic rings. The number of morpholine rings is 1. The summed E-state index contributed by atoms with van der Waals surface area (Å²) in [4.78, 5) is 17.1. The van der Waals surface area contributed by atoms with Gasteiger partial charge < -0.3 is 24.6 Å². The van der Waals surface area contributed by atoms with Gasteiger partial charge in [-0.05, 0) is 37.1 Å². The highest BCUT2D eigenvalue weighted by Crippen LogP contribution is 2.35. The van der Waals surface area contributed by atoms with Gasteiger partial charge in [0, 0.05) is 19.6 Å².